The van der Waals surface area contributed by atoms with Crippen molar-refractivity contribution in [1.82, 2.24) is 0 Å². The largest absolute Gasteiger partial charge is 0.378 e. The topological polar surface area (TPSA) is 68.2 Å². The second-order valence-electron chi connectivity index (χ2n) is 8.35. The van der Waals surface area contributed by atoms with Crippen LogP contribution in [-0.4, -0.2) is 29.4 Å². The Labute approximate surface area is 198 Å². The summed E-state index contributed by atoms with van der Waals surface area (Å²) in [5, 5.41) is 23.0. The van der Waals surface area contributed by atoms with Crippen LogP contribution in [0.4, 0.5) is 0 Å². The van der Waals surface area contributed by atoms with Gasteiger partial charge in [-0.25, -0.2) is 4.89 Å². The normalized spacial score (nSPS) is 18.6. The van der Waals surface area contributed by atoms with Crippen molar-refractivity contribution in [3.8, 4) is 0 Å². The molecule has 1 saturated heterocycles. The van der Waals surface area contributed by atoms with E-state index < -0.39 is 23.4 Å². The second kappa shape index (κ2) is 9.50. The molecule has 2 N–H and O–H groups in total. The first-order valence-electron chi connectivity index (χ1n) is 11.2. The molecule has 0 amide bonds. The summed E-state index contributed by atoms with van der Waals surface area (Å²) in [6.07, 6.45) is -1.81. The molecule has 1 heterocycles. The highest BCUT2D eigenvalue weighted by Crippen LogP contribution is 2.48. The Morgan fingerprint density at radius 1 is 0.559 bits per heavy atom. The summed E-state index contributed by atoms with van der Waals surface area (Å²) in [7, 11) is 0. The first kappa shape index (κ1) is 22.5. The molecule has 0 bridgehead atoms. The van der Waals surface area contributed by atoms with Gasteiger partial charge in [-0.2, -0.15) is 0 Å². The summed E-state index contributed by atoms with van der Waals surface area (Å²) >= 11 is 0. The first-order valence-corrected chi connectivity index (χ1v) is 11.2. The lowest BCUT2D eigenvalue weighted by Gasteiger charge is -2.43. The molecule has 1 aliphatic rings. The highest BCUT2D eigenvalue weighted by molar-refractivity contribution is 5.43. The monoisotopic (exact) mass is 454 g/mol. The minimum Gasteiger partial charge on any atom is -0.378 e. The van der Waals surface area contributed by atoms with Gasteiger partial charge in [0.05, 0.1) is 0 Å². The summed E-state index contributed by atoms with van der Waals surface area (Å²) in [6.45, 7) is -0.0674. The molecule has 5 heteroatoms. The van der Waals surface area contributed by atoms with Crippen LogP contribution >= 0.6 is 0 Å². The van der Waals surface area contributed by atoms with Gasteiger partial charge >= 0.3 is 0 Å². The van der Waals surface area contributed by atoms with E-state index in [-0.39, 0.29) is 6.79 Å². The zero-order valence-electron chi connectivity index (χ0n) is 18.5. The minimum absolute atomic E-state index is 0.0674. The Balaban J connectivity index is 1.73. The van der Waals surface area contributed by atoms with Crippen LogP contribution in [0.15, 0.2) is 121 Å². The van der Waals surface area contributed by atoms with Gasteiger partial charge in [-0.1, -0.05) is 121 Å². The van der Waals surface area contributed by atoms with Crippen molar-refractivity contribution >= 4 is 0 Å². The van der Waals surface area contributed by atoms with Crippen LogP contribution in [-0.2, 0) is 25.6 Å². The number of hydrogen-bond acceptors (Lipinski definition) is 5. The average Bonchev–Trinajstić information content (AvgIpc) is 3.42. The maximum Gasteiger partial charge on any atom is 0.182 e. The van der Waals surface area contributed by atoms with Gasteiger partial charge < -0.3 is 14.6 Å². The highest BCUT2D eigenvalue weighted by atomic mass is 17.1. The van der Waals surface area contributed by atoms with Crippen LogP contribution < -0.4 is 0 Å². The van der Waals surface area contributed by atoms with E-state index in [1.54, 1.807) is 0 Å². The van der Waals surface area contributed by atoms with E-state index in [1.165, 1.54) is 0 Å². The molecule has 0 radical (unpaired) electrons. The van der Waals surface area contributed by atoms with Crippen LogP contribution in [0.5, 0.6) is 0 Å². The molecule has 5 nitrogen and oxygen atoms in total. The molecule has 0 aromatic heterocycles. The summed E-state index contributed by atoms with van der Waals surface area (Å²) in [5.41, 5.74) is -0.400. The number of hydrogen-bond donors (Lipinski definition) is 2. The number of rotatable bonds is 7. The van der Waals surface area contributed by atoms with Gasteiger partial charge in [0.15, 0.2) is 5.60 Å². The fraction of sp³-hybridized carbons (Fsp3) is 0.172. The molecule has 2 atom stereocenters. The molecule has 4 aromatic carbocycles. The number of aliphatic hydroxyl groups is 1. The standard InChI is InChI=1S/C29H26O5/c30-28(22-13-5-1-6-14-22,23-15-7-2-8-16-23)26-27(33-21-32-26)29(34-31,24-17-9-3-10-18-24)25-19-11-4-12-20-25/h1-20,26-27,30-31H,21H2/t26-,27-/m0/s1. The zero-order chi connectivity index (χ0) is 23.4. The molecule has 0 saturated carbocycles. The fourth-order valence-corrected chi connectivity index (χ4v) is 4.93. The lowest BCUT2D eigenvalue weighted by atomic mass is 9.72. The molecule has 172 valence electrons. The van der Waals surface area contributed by atoms with Crippen molar-refractivity contribution < 1.29 is 24.7 Å². The third-order valence-electron chi connectivity index (χ3n) is 6.56. The molecule has 0 unspecified atom stereocenters. The smallest absolute Gasteiger partial charge is 0.182 e. The fourth-order valence-electron chi connectivity index (χ4n) is 4.93. The van der Waals surface area contributed by atoms with Crippen molar-refractivity contribution in [2.24, 2.45) is 0 Å². The summed E-state index contributed by atoms with van der Waals surface area (Å²) in [4.78, 5) is 5.38. The van der Waals surface area contributed by atoms with Gasteiger partial charge in [-0.05, 0) is 22.3 Å². The van der Waals surface area contributed by atoms with Crippen LogP contribution in [0.2, 0.25) is 0 Å². The summed E-state index contributed by atoms with van der Waals surface area (Å²) in [5.74, 6) is 0. The van der Waals surface area contributed by atoms with Gasteiger partial charge in [0.25, 0.3) is 0 Å². The lowest BCUT2D eigenvalue weighted by Crippen LogP contribution is -2.55. The Morgan fingerprint density at radius 3 is 1.29 bits per heavy atom. The van der Waals surface area contributed by atoms with E-state index in [0.717, 1.165) is 0 Å². The maximum absolute atomic E-state index is 12.4. The van der Waals surface area contributed by atoms with Crippen molar-refractivity contribution in [2.75, 3.05) is 6.79 Å². The Morgan fingerprint density at radius 2 is 0.912 bits per heavy atom. The number of ether oxygens (including phenoxy) is 2. The van der Waals surface area contributed by atoms with Gasteiger partial charge in [-0.3, -0.25) is 5.26 Å². The molecule has 1 aliphatic heterocycles. The molecule has 4 aromatic rings. The SMILES string of the molecule is OOC(c1ccccc1)(c1ccccc1)[C@H]1OCO[C@@H]1C(O)(c1ccccc1)c1ccccc1. The van der Waals surface area contributed by atoms with Gasteiger partial charge in [0.2, 0.25) is 0 Å². The number of benzene rings is 4. The van der Waals surface area contributed by atoms with E-state index in [9.17, 15) is 10.4 Å². The average molecular weight is 455 g/mol. The van der Waals surface area contributed by atoms with Crippen LogP contribution in [0.3, 0.4) is 0 Å². The van der Waals surface area contributed by atoms with Gasteiger partial charge in [0.1, 0.15) is 24.6 Å². The predicted octanol–water partition coefficient (Wildman–Crippen LogP) is 5.10. The van der Waals surface area contributed by atoms with Gasteiger partial charge in [-0.15, -0.1) is 0 Å². The highest BCUT2D eigenvalue weighted by Gasteiger charge is 2.59. The molecule has 1 fully saturated rings. The zero-order valence-corrected chi connectivity index (χ0v) is 18.5. The quantitative estimate of drug-likeness (QED) is 0.301. The molecule has 0 aliphatic carbocycles. The van der Waals surface area contributed by atoms with E-state index in [4.69, 9.17) is 14.4 Å². The van der Waals surface area contributed by atoms with Crippen LogP contribution in [0.25, 0.3) is 0 Å². The molecular weight excluding hydrogens is 428 g/mol. The molecule has 34 heavy (non-hydrogen) atoms. The lowest BCUT2D eigenvalue weighted by molar-refractivity contribution is -0.341. The Kier molecular flexibility index (Phi) is 6.28. The van der Waals surface area contributed by atoms with Crippen LogP contribution in [0, 0.1) is 0 Å². The van der Waals surface area contributed by atoms with Crippen molar-refractivity contribution in [2.45, 2.75) is 23.4 Å². The first-order chi connectivity index (χ1) is 16.7. The molecule has 0 spiro atoms. The van der Waals surface area contributed by atoms with Crippen molar-refractivity contribution in [3.63, 3.8) is 0 Å². The van der Waals surface area contributed by atoms with E-state index in [1.807, 2.05) is 121 Å². The van der Waals surface area contributed by atoms with Gasteiger partial charge in [0, 0.05) is 0 Å². The third kappa shape index (κ3) is 3.64. The third-order valence-corrected chi connectivity index (χ3v) is 6.56. The molecular formula is C29H26O5. The molecule has 5 rings (SSSR count). The second-order valence-corrected chi connectivity index (χ2v) is 8.35. The summed E-state index contributed by atoms with van der Waals surface area (Å²) < 4.78 is 12.3. The van der Waals surface area contributed by atoms with E-state index >= 15 is 0 Å². The van der Waals surface area contributed by atoms with E-state index in [2.05, 4.69) is 0 Å². The van der Waals surface area contributed by atoms with E-state index in [0.29, 0.717) is 22.3 Å². The Hall–Kier alpha value is -3.32. The predicted molar refractivity (Wildman–Crippen MR) is 128 cm³/mol. The summed E-state index contributed by atoms with van der Waals surface area (Å²) in [6, 6.07) is 37.5. The maximum atomic E-state index is 12.4. The minimum atomic E-state index is -1.59. The van der Waals surface area contributed by atoms with Crippen molar-refractivity contribution in [3.05, 3.63) is 144 Å². The Bertz CT molecular complexity index is 1100. The van der Waals surface area contributed by atoms with Crippen LogP contribution in [0.1, 0.15) is 22.3 Å². The van der Waals surface area contributed by atoms with Crippen molar-refractivity contribution in [1.29, 1.82) is 0 Å².